The number of carbonyl (C=O) groups is 1. The highest BCUT2D eigenvalue weighted by Gasteiger charge is 2.45. The Labute approximate surface area is 124 Å². The lowest BCUT2D eigenvalue weighted by atomic mass is 9.90. The quantitative estimate of drug-likeness (QED) is 0.910. The molecule has 0 bridgehead atoms. The molecule has 1 N–H and O–H groups in total. The Balaban J connectivity index is 2.34. The summed E-state index contributed by atoms with van der Waals surface area (Å²) in [6, 6.07) is 4.74. The number of methoxy groups -OCH3 is 1. The van der Waals surface area contributed by atoms with E-state index in [0.717, 1.165) is 0 Å². The molecule has 1 aliphatic heterocycles. The van der Waals surface area contributed by atoms with Crippen molar-refractivity contribution in [2.24, 2.45) is 5.41 Å². The molecule has 0 aromatic heterocycles. The number of carboxylic acid groups (broad SMARTS) is 1. The van der Waals surface area contributed by atoms with Crippen molar-refractivity contribution in [1.29, 1.82) is 0 Å². The molecule has 1 aliphatic rings. The molecule has 116 valence electrons. The second-order valence-electron chi connectivity index (χ2n) is 5.59. The van der Waals surface area contributed by atoms with E-state index < -0.39 is 21.4 Å². The van der Waals surface area contributed by atoms with Crippen molar-refractivity contribution in [3.8, 4) is 5.75 Å². The highest BCUT2D eigenvalue weighted by molar-refractivity contribution is 7.89. The van der Waals surface area contributed by atoms with Gasteiger partial charge in [-0.05, 0) is 44.0 Å². The molecule has 2 rings (SSSR count). The van der Waals surface area contributed by atoms with Gasteiger partial charge in [-0.3, -0.25) is 4.79 Å². The molecule has 1 atom stereocenters. The first-order valence-corrected chi connectivity index (χ1v) is 8.03. The lowest BCUT2D eigenvalue weighted by molar-refractivity contribution is -0.146. The van der Waals surface area contributed by atoms with Crippen LogP contribution in [0, 0.1) is 12.3 Å². The molecule has 1 saturated heterocycles. The summed E-state index contributed by atoms with van der Waals surface area (Å²) in [5.41, 5.74) is -0.439. The van der Waals surface area contributed by atoms with Crippen molar-refractivity contribution in [1.82, 2.24) is 4.31 Å². The molecule has 1 aromatic carbocycles. The molecule has 1 fully saturated rings. The summed E-state index contributed by atoms with van der Waals surface area (Å²) >= 11 is 0. The van der Waals surface area contributed by atoms with Crippen molar-refractivity contribution < 1.29 is 23.1 Å². The van der Waals surface area contributed by atoms with Gasteiger partial charge in [-0.15, -0.1) is 0 Å². The fourth-order valence-corrected chi connectivity index (χ4v) is 4.25. The first-order valence-electron chi connectivity index (χ1n) is 6.59. The van der Waals surface area contributed by atoms with Gasteiger partial charge in [-0.25, -0.2) is 8.42 Å². The molecule has 0 aliphatic carbocycles. The highest BCUT2D eigenvalue weighted by atomic mass is 32.2. The Morgan fingerprint density at radius 2 is 2.10 bits per heavy atom. The van der Waals surface area contributed by atoms with Gasteiger partial charge in [0.15, 0.2) is 0 Å². The minimum atomic E-state index is -3.68. The van der Waals surface area contributed by atoms with Crippen molar-refractivity contribution in [2.75, 3.05) is 20.2 Å². The fraction of sp³-hybridized carbons (Fsp3) is 0.500. The molecule has 0 spiro atoms. The third kappa shape index (κ3) is 2.75. The van der Waals surface area contributed by atoms with Gasteiger partial charge in [-0.1, -0.05) is 0 Å². The van der Waals surface area contributed by atoms with E-state index in [1.165, 1.54) is 17.5 Å². The number of carboxylic acids is 1. The van der Waals surface area contributed by atoms with Gasteiger partial charge >= 0.3 is 5.97 Å². The second-order valence-corrected chi connectivity index (χ2v) is 7.49. The molecule has 0 amide bonds. The average molecular weight is 313 g/mol. The predicted octanol–water partition coefficient (Wildman–Crippen LogP) is 1.49. The first-order chi connectivity index (χ1) is 9.70. The van der Waals surface area contributed by atoms with Gasteiger partial charge in [0, 0.05) is 13.1 Å². The summed E-state index contributed by atoms with van der Waals surface area (Å²) in [6.07, 6.45) is 0.316. The maximum absolute atomic E-state index is 12.7. The molecule has 0 radical (unpaired) electrons. The first kappa shape index (κ1) is 15.8. The summed E-state index contributed by atoms with van der Waals surface area (Å²) < 4.78 is 31.6. The SMILES string of the molecule is COc1ccc(S(=O)(=O)N2CCC(C)(C(=O)O)C2)c(C)c1. The average Bonchev–Trinajstić information content (AvgIpc) is 2.83. The number of hydrogen-bond acceptors (Lipinski definition) is 4. The van der Waals surface area contributed by atoms with E-state index in [4.69, 9.17) is 4.74 Å². The number of ether oxygens (including phenoxy) is 1. The van der Waals surface area contributed by atoms with Crippen LogP contribution in [0.15, 0.2) is 23.1 Å². The minimum absolute atomic E-state index is 0.00383. The van der Waals surface area contributed by atoms with Crippen LogP contribution in [0.2, 0.25) is 0 Å². The zero-order chi connectivity index (χ0) is 15.8. The third-order valence-corrected chi connectivity index (χ3v) is 5.96. The molecular formula is C14H19NO5S. The second kappa shape index (κ2) is 5.31. The van der Waals surface area contributed by atoms with E-state index in [-0.39, 0.29) is 18.0 Å². The van der Waals surface area contributed by atoms with Crippen molar-refractivity contribution in [2.45, 2.75) is 25.2 Å². The summed E-state index contributed by atoms with van der Waals surface area (Å²) in [5, 5.41) is 9.21. The summed E-state index contributed by atoms with van der Waals surface area (Å²) in [4.78, 5) is 11.4. The Bertz CT molecular complexity index is 670. The van der Waals surface area contributed by atoms with Gasteiger partial charge in [0.2, 0.25) is 10.0 Å². The van der Waals surface area contributed by atoms with Gasteiger partial charge in [0.25, 0.3) is 0 Å². The topological polar surface area (TPSA) is 83.9 Å². The van der Waals surface area contributed by atoms with Crippen molar-refractivity contribution in [3.05, 3.63) is 23.8 Å². The van der Waals surface area contributed by atoms with E-state index in [1.54, 1.807) is 26.0 Å². The maximum Gasteiger partial charge on any atom is 0.310 e. The number of aliphatic carboxylic acids is 1. The summed E-state index contributed by atoms with van der Waals surface area (Å²) in [6.45, 7) is 3.49. The minimum Gasteiger partial charge on any atom is -0.497 e. The Morgan fingerprint density at radius 3 is 2.57 bits per heavy atom. The van der Waals surface area contributed by atoms with Crippen molar-refractivity contribution >= 4 is 16.0 Å². The van der Waals surface area contributed by atoms with Crippen LogP contribution >= 0.6 is 0 Å². The Kier molecular flexibility index (Phi) is 3.99. The number of aryl methyl sites for hydroxylation is 1. The largest absolute Gasteiger partial charge is 0.497 e. The molecule has 0 saturated carbocycles. The van der Waals surface area contributed by atoms with E-state index in [1.807, 2.05) is 0 Å². The number of sulfonamides is 1. The van der Waals surface area contributed by atoms with Crippen LogP contribution in [0.25, 0.3) is 0 Å². The summed E-state index contributed by atoms with van der Waals surface area (Å²) in [7, 11) is -2.17. The van der Waals surface area contributed by atoms with Crippen LogP contribution in [0.3, 0.4) is 0 Å². The number of hydrogen-bond donors (Lipinski definition) is 1. The Hall–Kier alpha value is -1.60. The van der Waals surface area contributed by atoms with Crippen LogP contribution < -0.4 is 4.74 Å². The zero-order valence-electron chi connectivity index (χ0n) is 12.3. The zero-order valence-corrected chi connectivity index (χ0v) is 13.1. The van der Waals surface area contributed by atoms with Crippen LogP contribution in [-0.2, 0) is 14.8 Å². The summed E-state index contributed by atoms with van der Waals surface area (Å²) in [5.74, 6) is -0.380. The molecular weight excluding hydrogens is 294 g/mol. The van der Waals surface area contributed by atoms with E-state index in [0.29, 0.717) is 17.7 Å². The fourth-order valence-electron chi connectivity index (χ4n) is 2.48. The third-order valence-electron chi connectivity index (χ3n) is 3.95. The van der Waals surface area contributed by atoms with E-state index >= 15 is 0 Å². The van der Waals surface area contributed by atoms with Crippen LogP contribution in [0.5, 0.6) is 5.75 Å². The molecule has 7 heteroatoms. The molecule has 1 aromatic rings. The molecule has 1 unspecified atom stereocenters. The standard InChI is InChI=1S/C14H19NO5S/c1-10-8-11(20-3)4-5-12(10)21(18,19)15-7-6-14(2,9-15)13(16)17/h4-5,8H,6-7,9H2,1-3H3,(H,16,17). The Morgan fingerprint density at radius 1 is 1.43 bits per heavy atom. The van der Waals surface area contributed by atoms with Crippen LogP contribution in [0.4, 0.5) is 0 Å². The van der Waals surface area contributed by atoms with Gasteiger partial charge in [0.1, 0.15) is 5.75 Å². The monoisotopic (exact) mass is 313 g/mol. The molecule has 6 nitrogen and oxygen atoms in total. The lowest BCUT2D eigenvalue weighted by Crippen LogP contribution is -2.35. The van der Waals surface area contributed by atoms with Crippen molar-refractivity contribution in [3.63, 3.8) is 0 Å². The number of nitrogens with zero attached hydrogens (tertiary/aromatic N) is 1. The van der Waals surface area contributed by atoms with Crippen LogP contribution in [-0.4, -0.2) is 44.0 Å². The maximum atomic E-state index is 12.7. The van der Waals surface area contributed by atoms with Gasteiger partial charge < -0.3 is 9.84 Å². The van der Waals surface area contributed by atoms with Gasteiger partial charge in [-0.2, -0.15) is 4.31 Å². The molecule has 1 heterocycles. The number of rotatable bonds is 4. The normalized spacial score (nSPS) is 23.2. The van der Waals surface area contributed by atoms with E-state index in [9.17, 15) is 18.3 Å². The molecule has 21 heavy (non-hydrogen) atoms. The van der Waals surface area contributed by atoms with E-state index in [2.05, 4.69) is 0 Å². The smallest absolute Gasteiger partial charge is 0.310 e. The van der Waals surface area contributed by atoms with Crippen LogP contribution in [0.1, 0.15) is 18.9 Å². The highest BCUT2D eigenvalue weighted by Crippen LogP contribution is 2.34. The lowest BCUT2D eigenvalue weighted by Gasteiger charge is -2.21. The predicted molar refractivity (Wildman–Crippen MR) is 76.8 cm³/mol. The number of benzene rings is 1. The van der Waals surface area contributed by atoms with Gasteiger partial charge in [0.05, 0.1) is 17.4 Å².